The fourth-order valence-electron chi connectivity index (χ4n) is 1.99. The standard InChI is InChI=1S/C14H18BrN3O2S/c1-4-18-10-12(11(2)16-18)9-17(3)21(19,20)14-7-5-13(15)6-8-14/h5-8,10H,4,9H2,1-3H3. The van der Waals surface area contributed by atoms with E-state index in [0.717, 1.165) is 22.3 Å². The monoisotopic (exact) mass is 371 g/mol. The normalized spacial score (nSPS) is 12.0. The molecule has 5 nitrogen and oxygen atoms in total. The molecule has 0 N–H and O–H groups in total. The van der Waals surface area contributed by atoms with Gasteiger partial charge in [-0.1, -0.05) is 15.9 Å². The highest BCUT2D eigenvalue weighted by atomic mass is 79.9. The second-order valence-electron chi connectivity index (χ2n) is 4.81. The van der Waals surface area contributed by atoms with Gasteiger partial charge in [0.15, 0.2) is 0 Å². The first kappa shape index (κ1) is 16.2. The molecule has 0 aliphatic heterocycles. The van der Waals surface area contributed by atoms with Gasteiger partial charge in [-0.2, -0.15) is 9.40 Å². The molecule has 7 heteroatoms. The topological polar surface area (TPSA) is 55.2 Å². The lowest BCUT2D eigenvalue weighted by atomic mass is 10.3. The van der Waals surface area contributed by atoms with Crippen molar-refractivity contribution in [1.29, 1.82) is 0 Å². The van der Waals surface area contributed by atoms with E-state index in [4.69, 9.17) is 0 Å². The Bertz CT molecular complexity index is 723. The zero-order valence-electron chi connectivity index (χ0n) is 12.2. The first-order chi connectivity index (χ1) is 9.84. The van der Waals surface area contributed by atoms with Crippen LogP contribution in [0.2, 0.25) is 0 Å². The molecule has 0 spiro atoms. The highest BCUT2D eigenvalue weighted by Gasteiger charge is 2.22. The highest BCUT2D eigenvalue weighted by molar-refractivity contribution is 9.10. The average Bonchev–Trinajstić information content (AvgIpc) is 2.80. The number of halogens is 1. The number of hydrogen-bond donors (Lipinski definition) is 0. The minimum atomic E-state index is -3.49. The van der Waals surface area contributed by atoms with Gasteiger partial charge in [0.1, 0.15) is 0 Å². The molecule has 114 valence electrons. The largest absolute Gasteiger partial charge is 0.272 e. The molecular weight excluding hydrogens is 354 g/mol. The molecule has 0 fully saturated rings. The van der Waals surface area contributed by atoms with E-state index in [9.17, 15) is 8.42 Å². The van der Waals surface area contributed by atoms with Gasteiger partial charge in [-0.3, -0.25) is 4.68 Å². The van der Waals surface area contributed by atoms with Crippen LogP contribution in [0.3, 0.4) is 0 Å². The molecule has 0 saturated carbocycles. The Morgan fingerprint density at radius 2 is 1.90 bits per heavy atom. The Morgan fingerprint density at radius 3 is 2.43 bits per heavy atom. The molecule has 0 atom stereocenters. The number of aryl methyl sites for hydroxylation is 2. The van der Waals surface area contributed by atoms with Crippen LogP contribution in [-0.2, 0) is 23.1 Å². The minimum absolute atomic E-state index is 0.286. The van der Waals surface area contributed by atoms with Crippen molar-refractivity contribution in [1.82, 2.24) is 14.1 Å². The summed E-state index contributed by atoms with van der Waals surface area (Å²) in [4.78, 5) is 0.286. The Morgan fingerprint density at radius 1 is 1.29 bits per heavy atom. The molecule has 1 heterocycles. The van der Waals surface area contributed by atoms with Gasteiger partial charge in [0.2, 0.25) is 10.0 Å². The van der Waals surface area contributed by atoms with Crippen molar-refractivity contribution in [2.75, 3.05) is 7.05 Å². The number of rotatable bonds is 5. The summed E-state index contributed by atoms with van der Waals surface area (Å²) in [6.07, 6.45) is 1.89. The van der Waals surface area contributed by atoms with E-state index in [1.54, 1.807) is 31.3 Å². The number of aromatic nitrogens is 2. The maximum absolute atomic E-state index is 12.5. The molecule has 21 heavy (non-hydrogen) atoms. The number of hydrogen-bond acceptors (Lipinski definition) is 3. The molecule has 0 saturated heterocycles. The van der Waals surface area contributed by atoms with E-state index in [1.165, 1.54) is 4.31 Å². The van der Waals surface area contributed by atoms with Gasteiger partial charge in [-0.05, 0) is 38.1 Å². The molecule has 2 aromatic rings. The molecular formula is C14H18BrN3O2S. The molecule has 1 aromatic carbocycles. The summed E-state index contributed by atoms with van der Waals surface area (Å²) in [5.74, 6) is 0. The average molecular weight is 372 g/mol. The van der Waals surface area contributed by atoms with Gasteiger partial charge in [-0.15, -0.1) is 0 Å². The van der Waals surface area contributed by atoms with E-state index in [0.29, 0.717) is 6.54 Å². The van der Waals surface area contributed by atoms with Crippen molar-refractivity contribution in [3.8, 4) is 0 Å². The fourth-order valence-corrected chi connectivity index (χ4v) is 3.40. The number of sulfonamides is 1. The van der Waals surface area contributed by atoms with Crippen LogP contribution in [0.4, 0.5) is 0 Å². The predicted molar refractivity (Wildman–Crippen MR) is 85.4 cm³/mol. The van der Waals surface area contributed by atoms with Crippen LogP contribution in [0.1, 0.15) is 18.2 Å². The smallest absolute Gasteiger partial charge is 0.243 e. The van der Waals surface area contributed by atoms with Gasteiger partial charge in [-0.25, -0.2) is 8.42 Å². The summed E-state index contributed by atoms with van der Waals surface area (Å²) in [6.45, 7) is 4.97. The third kappa shape index (κ3) is 3.53. The lowest BCUT2D eigenvalue weighted by Crippen LogP contribution is -2.26. The van der Waals surface area contributed by atoms with E-state index < -0.39 is 10.0 Å². The Kier molecular flexibility index (Phi) is 4.85. The van der Waals surface area contributed by atoms with Crippen LogP contribution in [0.5, 0.6) is 0 Å². The Hall–Kier alpha value is -1.18. The van der Waals surface area contributed by atoms with E-state index in [-0.39, 0.29) is 4.90 Å². The van der Waals surface area contributed by atoms with Crippen LogP contribution < -0.4 is 0 Å². The lowest BCUT2D eigenvalue weighted by molar-refractivity contribution is 0.466. The molecule has 2 rings (SSSR count). The molecule has 0 amide bonds. The summed E-state index contributed by atoms with van der Waals surface area (Å²) in [7, 11) is -1.91. The molecule has 1 aromatic heterocycles. The minimum Gasteiger partial charge on any atom is -0.272 e. The predicted octanol–water partition coefficient (Wildman–Crippen LogP) is 2.79. The van der Waals surface area contributed by atoms with Crippen LogP contribution >= 0.6 is 15.9 Å². The van der Waals surface area contributed by atoms with Crippen LogP contribution in [0.15, 0.2) is 39.8 Å². The lowest BCUT2D eigenvalue weighted by Gasteiger charge is -2.16. The fraction of sp³-hybridized carbons (Fsp3) is 0.357. The van der Waals surface area contributed by atoms with Crippen molar-refractivity contribution in [2.45, 2.75) is 31.8 Å². The highest BCUT2D eigenvalue weighted by Crippen LogP contribution is 2.20. The Labute approximate surface area is 133 Å². The zero-order chi connectivity index (χ0) is 15.6. The van der Waals surface area contributed by atoms with Crippen molar-refractivity contribution in [2.24, 2.45) is 0 Å². The van der Waals surface area contributed by atoms with E-state index in [2.05, 4.69) is 21.0 Å². The molecule has 0 aliphatic rings. The van der Waals surface area contributed by atoms with E-state index >= 15 is 0 Å². The SMILES string of the molecule is CCn1cc(CN(C)S(=O)(=O)c2ccc(Br)cc2)c(C)n1. The summed E-state index contributed by atoms with van der Waals surface area (Å²) in [5.41, 5.74) is 1.77. The summed E-state index contributed by atoms with van der Waals surface area (Å²) >= 11 is 3.30. The van der Waals surface area contributed by atoms with Crippen LogP contribution in [0, 0.1) is 6.92 Å². The van der Waals surface area contributed by atoms with Crippen molar-refractivity contribution in [3.05, 3.63) is 46.2 Å². The molecule has 0 bridgehead atoms. The zero-order valence-corrected chi connectivity index (χ0v) is 14.6. The second-order valence-corrected chi connectivity index (χ2v) is 7.77. The van der Waals surface area contributed by atoms with Crippen LogP contribution in [-0.4, -0.2) is 29.6 Å². The molecule has 0 aliphatic carbocycles. The van der Waals surface area contributed by atoms with Crippen molar-refractivity contribution in [3.63, 3.8) is 0 Å². The molecule has 0 unspecified atom stereocenters. The first-order valence-electron chi connectivity index (χ1n) is 6.59. The van der Waals surface area contributed by atoms with Gasteiger partial charge >= 0.3 is 0 Å². The van der Waals surface area contributed by atoms with Gasteiger partial charge in [0, 0.05) is 36.4 Å². The van der Waals surface area contributed by atoms with Gasteiger partial charge < -0.3 is 0 Å². The quantitative estimate of drug-likeness (QED) is 0.811. The number of benzene rings is 1. The molecule has 0 radical (unpaired) electrons. The van der Waals surface area contributed by atoms with Gasteiger partial charge in [0.25, 0.3) is 0 Å². The maximum Gasteiger partial charge on any atom is 0.243 e. The Balaban J connectivity index is 2.24. The second kappa shape index (κ2) is 6.29. The van der Waals surface area contributed by atoms with Crippen molar-refractivity contribution < 1.29 is 8.42 Å². The van der Waals surface area contributed by atoms with Gasteiger partial charge in [0.05, 0.1) is 10.6 Å². The van der Waals surface area contributed by atoms with Crippen LogP contribution in [0.25, 0.3) is 0 Å². The third-order valence-electron chi connectivity index (χ3n) is 3.29. The maximum atomic E-state index is 12.5. The summed E-state index contributed by atoms with van der Waals surface area (Å²) in [6, 6.07) is 6.64. The van der Waals surface area contributed by atoms with Crippen molar-refractivity contribution >= 4 is 26.0 Å². The first-order valence-corrected chi connectivity index (χ1v) is 8.82. The van der Waals surface area contributed by atoms with E-state index in [1.807, 2.05) is 24.7 Å². The summed E-state index contributed by atoms with van der Waals surface area (Å²) in [5, 5.41) is 4.34. The summed E-state index contributed by atoms with van der Waals surface area (Å²) < 4.78 is 29.0. The number of nitrogens with zero attached hydrogens (tertiary/aromatic N) is 3. The third-order valence-corrected chi connectivity index (χ3v) is 5.63.